The van der Waals surface area contributed by atoms with Crippen molar-refractivity contribution >= 4 is 16.6 Å². The molecule has 1 fully saturated rings. The Balaban J connectivity index is 1.78. The number of aromatic nitrogens is 2. The van der Waals surface area contributed by atoms with Crippen LogP contribution in [0.3, 0.4) is 0 Å². The first-order chi connectivity index (χ1) is 8.84. The first-order valence-electron chi connectivity index (χ1n) is 6.54. The summed E-state index contributed by atoms with van der Waals surface area (Å²) in [5, 5.41) is 12.8. The highest BCUT2D eigenvalue weighted by atomic mass is 15.1. The lowest BCUT2D eigenvalue weighted by atomic mass is 10.0. The van der Waals surface area contributed by atoms with Gasteiger partial charge in [0.1, 0.15) is 0 Å². The predicted octanol–water partition coefficient (Wildman–Crippen LogP) is 2.17. The number of nitrogens with two attached hydrogens (primary N) is 1. The first-order valence-corrected chi connectivity index (χ1v) is 6.54. The summed E-state index contributed by atoms with van der Waals surface area (Å²) < 4.78 is 0. The summed E-state index contributed by atoms with van der Waals surface area (Å²) >= 11 is 0. The Bertz CT molecular complexity index is 535. The summed E-state index contributed by atoms with van der Waals surface area (Å²) in [6.07, 6.45) is 5.43. The maximum absolute atomic E-state index is 6.09. The molecule has 2 aromatic rings. The van der Waals surface area contributed by atoms with E-state index in [1.807, 2.05) is 18.2 Å². The molecule has 2 unspecified atom stereocenters. The van der Waals surface area contributed by atoms with Gasteiger partial charge >= 0.3 is 0 Å². The molecule has 1 aliphatic carbocycles. The zero-order valence-corrected chi connectivity index (χ0v) is 10.3. The number of nitrogens with zero attached hydrogens (tertiary/aromatic N) is 2. The zero-order chi connectivity index (χ0) is 12.4. The van der Waals surface area contributed by atoms with Gasteiger partial charge in [0.05, 0.1) is 17.4 Å². The Labute approximate surface area is 107 Å². The summed E-state index contributed by atoms with van der Waals surface area (Å²) in [6.45, 7) is 0.927. The number of hydrogen-bond donors (Lipinski definition) is 2. The third-order valence-corrected chi connectivity index (χ3v) is 3.82. The van der Waals surface area contributed by atoms with Gasteiger partial charge in [-0.25, -0.2) is 0 Å². The third kappa shape index (κ3) is 2.16. The number of anilines is 1. The number of fused-ring (bicyclic) bond motifs is 1. The van der Waals surface area contributed by atoms with Gasteiger partial charge in [-0.3, -0.25) is 0 Å². The molecule has 1 aromatic heterocycles. The van der Waals surface area contributed by atoms with Gasteiger partial charge < -0.3 is 11.1 Å². The fourth-order valence-electron chi connectivity index (χ4n) is 2.71. The second kappa shape index (κ2) is 4.90. The molecule has 94 valence electrons. The fourth-order valence-corrected chi connectivity index (χ4v) is 2.71. The molecule has 3 N–H and O–H groups in total. The van der Waals surface area contributed by atoms with E-state index in [1.165, 1.54) is 12.8 Å². The average Bonchev–Trinajstić information content (AvgIpc) is 2.82. The predicted molar refractivity (Wildman–Crippen MR) is 73.3 cm³/mol. The van der Waals surface area contributed by atoms with Crippen LogP contribution >= 0.6 is 0 Å². The van der Waals surface area contributed by atoms with Crippen LogP contribution in [0.2, 0.25) is 0 Å². The number of nitrogens with one attached hydrogen (secondary N) is 1. The van der Waals surface area contributed by atoms with Crippen LogP contribution in [0.5, 0.6) is 0 Å². The van der Waals surface area contributed by atoms with Crippen molar-refractivity contribution in [2.45, 2.75) is 25.3 Å². The van der Waals surface area contributed by atoms with Crippen LogP contribution in [-0.2, 0) is 0 Å². The van der Waals surface area contributed by atoms with E-state index in [0.717, 1.165) is 29.6 Å². The highest BCUT2D eigenvalue weighted by molar-refractivity contribution is 5.90. The van der Waals surface area contributed by atoms with Crippen molar-refractivity contribution in [2.75, 3.05) is 11.9 Å². The van der Waals surface area contributed by atoms with E-state index >= 15 is 0 Å². The van der Waals surface area contributed by atoms with Gasteiger partial charge in [-0.2, -0.15) is 10.2 Å². The van der Waals surface area contributed by atoms with Crippen molar-refractivity contribution in [3.8, 4) is 0 Å². The van der Waals surface area contributed by atoms with E-state index in [9.17, 15) is 0 Å². The highest BCUT2D eigenvalue weighted by Crippen LogP contribution is 2.26. The van der Waals surface area contributed by atoms with Crippen LogP contribution in [0.4, 0.5) is 5.69 Å². The van der Waals surface area contributed by atoms with Gasteiger partial charge in [-0.05, 0) is 24.8 Å². The summed E-state index contributed by atoms with van der Waals surface area (Å²) in [4.78, 5) is 0. The minimum absolute atomic E-state index is 0.346. The van der Waals surface area contributed by atoms with Gasteiger partial charge in [0.25, 0.3) is 0 Å². The van der Waals surface area contributed by atoms with Crippen LogP contribution in [-0.4, -0.2) is 22.8 Å². The molecule has 0 spiro atoms. The van der Waals surface area contributed by atoms with Crippen LogP contribution < -0.4 is 11.1 Å². The number of rotatable bonds is 3. The van der Waals surface area contributed by atoms with E-state index in [1.54, 1.807) is 6.20 Å². The van der Waals surface area contributed by atoms with Gasteiger partial charge in [0.15, 0.2) is 0 Å². The van der Waals surface area contributed by atoms with Crippen LogP contribution in [0.1, 0.15) is 19.3 Å². The largest absolute Gasteiger partial charge is 0.383 e. The monoisotopic (exact) mass is 242 g/mol. The lowest BCUT2D eigenvalue weighted by Gasteiger charge is -2.17. The quantitative estimate of drug-likeness (QED) is 0.865. The van der Waals surface area contributed by atoms with Gasteiger partial charge in [-0.1, -0.05) is 24.6 Å². The molecule has 0 radical (unpaired) electrons. The van der Waals surface area contributed by atoms with E-state index in [-0.39, 0.29) is 0 Å². The SMILES string of the molecule is NC1CCCC1CNc1cnnc2ccccc12. The third-order valence-electron chi connectivity index (χ3n) is 3.82. The fraction of sp³-hybridized carbons (Fsp3) is 0.429. The molecule has 0 aliphatic heterocycles. The molecule has 0 saturated heterocycles. The number of hydrogen-bond acceptors (Lipinski definition) is 4. The second-order valence-electron chi connectivity index (χ2n) is 5.01. The molecule has 1 heterocycles. The molecule has 4 heteroatoms. The molecule has 2 atom stereocenters. The normalized spacial score (nSPS) is 23.4. The molecule has 18 heavy (non-hydrogen) atoms. The molecule has 0 amide bonds. The topological polar surface area (TPSA) is 63.8 Å². The summed E-state index contributed by atoms with van der Waals surface area (Å²) in [5.41, 5.74) is 8.07. The average molecular weight is 242 g/mol. The van der Waals surface area contributed by atoms with E-state index in [4.69, 9.17) is 5.73 Å². The maximum atomic E-state index is 6.09. The van der Waals surface area contributed by atoms with Crippen LogP contribution in [0.15, 0.2) is 30.5 Å². The molecular formula is C14H18N4. The van der Waals surface area contributed by atoms with Crippen LogP contribution in [0.25, 0.3) is 10.9 Å². The summed E-state index contributed by atoms with van der Waals surface area (Å²) in [6, 6.07) is 8.40. The Morgan fingerprint density at radius 2 is 2.17 bits per heavy atom. The van der Waals surface area contributed by atoms with Crippen molar-refractivity contribution in [2.24, 2.45) is 11.7 Å². The minimum atomic E-state index is 0.346. The molecule has 3 rings (SSSR count). The van der Waals surface area contributed by atoms with Crippen molar-refractivity contribution in [3.05, 3.63) is 30.5 Å². The maximum Gasteiger partial charge on any atom is 0.0950 e. The molecule has 0 bridgehead atoms. The number of benzene rings is 1. The zero-order valence-electron chi connectivity index (χ0n) is 10.3. The second-order valence-corrected chi connectivity index (χ2v) is 5.01. The molecule has 4 nitrogen and oxygen atoms in total. The Kier molecular flexibility index (Phi) is 3.11. The van der Waals surface area contributed by atoms with Gasteiger partial charge in [-0.15, -0.1) is 0 Å². The van der Waals surface area contributed by atoms with E-state index < -0.39 is 0 Å². The molecule has 1 saturated carbocycles. The summed E-state index contributed by atoms with van der Waals surface area (Å²) in [7, 11) is 0. The molecule has 1 aliphatic rings. The Morgan fingerprint density at radius 3 is 3.00 bits per heavy atom. The van der Waals surface area contributed by atoms with E-state index in [0.29, 0.717) is 12.0 Å². The van der Waals surface area contributed by atoms with Crippen molar-refractivity contribution in [3.63, 3.8) is 0 Å². The lowest BCUT2D eigenvalue weighted by Crippen LogP contribution is -2.29. The van der Waals surface area contributed by atoms with Crippen molar-refractivity contribution < 1.29 is 0 Å². The standard InChI is InChI=1S/C14H18N4/c15-12-6-3-4-10(12)8-16-14-9-17-18-13-7-2-1-5-11(13)14/h1-2,5,7,9-10,12H,3-4,6,8,15H2,(H,16,18). The van der Waals surface area contributed by atoms with Crippen molar-refractivity contribution in [1.82, 2.24) is 10.2 Å². The van der Waals surface area contributed by atoms with Gasteiger partial charge in [0.2, 0.25) is 0 Å². The smallest absolute Gasteiger partial charge is 0.0950 e. The van der Waals surface area contributed by atoms with Gasteiger partial charge in [0, 0.05) is 18.0 Å². The van der Waals surface area contributed by atoms with Crippen molar-refractivity contribution in [1.29, 1.82) is 0 Å². The summed E-state index contributed by atoms with van der Waals surface area (Å²) in [5.74, 6) is 0.580. The van der Waals surface area contributed by atoms with E-state index in [2.05, 4.69) is 21.6 Å². The Morgan fingerprint density at radius 1 is 1.28 bits per heavy atom. The highest BCUT2D eigenvalue weighted by Gasteiger charge is 2.23. The molecular weight excluding hydrogens is 224 g/mol. The van der Waals surface area contributed by atoms with Crippen LogP contribution in [0, 0.1) is 5.92 Å². The lowest BCUT2D eigenvalue weighted by molar-refractivity contribution is 0.505. The minimum Gasteiger partial charge on any atom is -0.383 e. The molecule has 1 aromatic carbocycles. The first kappa shape index (κ1) is 11.4. The Hall–Kier alpha value is -1.68.